The summed E-state index contributed by atoms with van der Waals surface area (Å²) in [5, 5.41) is 6.60. The van der Waals surface area contributed by atoms with Gasteiger partial charge in [-0.2, -0.15) is 5.10 Å². The van der Waals surface area contributed by atoms with Crippen molar-refractivity contribution >= 4 is 17.5 Å². The van der Waals surface area contributed by atoms with E-state index in [2.05, 4.69) is 20.7 Å². The Labute approximate surface area is 107 Å². The van der Waals surface area contributed by atoms with Crippen LogP contribution in [0.1, 0.15) is 32.1 Å². The first-order valence-corrected chi connectivity index (χ1v) is 6.61. The first-order valence-electron chi connectivity index (χ1n) is 6.61. The van der Waals surface area contributed by atoms with Crippen LogP contribution in [0.4, 0.5) is 0 Å². The quantitative estimate of drug-likeness (QED) is 0.669. The number of likely N-dealkylation sites (tertiary alicyclic amines) is 1. The van der Waals surface area contributed by atoms with Gasteiger partial charge in [-0.3, -0.25) is 9.59 Å². The van der Waals surface area contributed by atoms with Crippen molar-refractivity contribution in [3.63, 3.8) is 0 Å². The molecule has 0 saturated carbocycles. The summed E-state index contributed by atoms with van der Waals surface area (Å²) in [7, 11) is 0. The number of amides is 2. The molecule has 2 rings (SSSR count). The minimum atomic E-state index is -0.156. The fourth-order valence-corrected chi connectivity index (χ4v) is 2.25. The number of nitrogens with zero attached hydrogens (tertiary/aromatic N) is 2. The van der Waals surface area contributed by atoms with Gasteiger partial charge < -0.3 is 10.2 Å². The second-order valence-electron chi connectivity index (χ2n) is 4.75. The number of hydrogen-bond donors (Lipinski definition) is 2. The molecule has 0 spiro atoms. The Morgan fingerprint density at radius 1 is 1.33 bits per heavy atom. The Hall–Kier alpha value is -1.43. The molecule has 0 aromatic rings. The van der Waals surface area contributed by atoms with Gasteiger partial charge in [0.15, 0.2) is 0 Å². The molecule has 6 heteroatoms. The van der Waals surface area contributed by atoms with E-state index in [0.29, 0.717) is 25.1 Å². The summed E-state index contributed by atoms with van der Waals surface area (Å²) < 4.78 is 0. The fraction of sp³-hybridized carbons (Fsp3) is 0.750. The zero-order valence-corrected chi connectivity index (χ0v) is 10.6. The molecule has 1 fully saturated rings. The maximum Gasteiger partial charge on any atom is 0.267 e. The van der Waals surface area contributed by atoms with E-state index in [1.165, 1.54) is 25.9 Å². The SMILES string of the molecule is O=C1CCC(C(=O)NCCCN2CCCC2)=NN1. The summed E-state index contributed by atoms with van der Waals surface area (Å²) in [4.78, 5) is 25.0. The number of hydrogen-bond acceptors (Lipinski definition) is 4. The zero-order valence-electron chi connectivity index (χ0n) is 10.6. The molecule has 1 saturated heterocycles. The minimum Gasteiger partial charge on any atom is -0.351 e. The molecule has 0 unspecified atom stereocenters. The summed E-state index contributed by atoms with van der Waals surface area (Å²) in [6.45, 7) is 4.09. The van der Waals surface area contributed by atoms with Crippen molar-refractivity contribution in [1.29, 1.82) is 0 Å². The molecule has 2 N–H and O–H groups in total. The Kier molecular flexibility index (Phi) is 4.69. The molecule has 0 aromatic heterocycles. The fourth-order valence-electron chi connectivity index (χ4n) is 2.25. The molecule has 0 atom stereocenters. The first-order chi connectivity index (χ1) is 8.75. The third kappa shape index (κ3) is 3.80. The molecular weight excluding hydrogens is 232 g/mol. The number of rotatable bonds is 5. The molecule has 2 aliphatic rings. The molecular formula is C12H20N4O2. The number of carbonyl (C=O) groups is 2. The lowest BCUT2D eigenvalue weighted by Crippen LogP contribution is -2.37. The molecule has 100 valence electrons. The van der Waals surface area contributed by atoms with Crippen molar-refractivity contribution in [2.75, 3.05) is 26.2 Å². The number of carbonyl (C=O) groups excluding carboxylic acids is 2. The lowest BCUT2D eigenvalue weighted by Gasteiger charge is -2.15. The van der Waals surface area contributed by atoms with E-state index >= 15 is 0 Å². The standard InChI is InChI=1S/C12H20N4O2/c17-11-5-4-10(14-15-11)12(18)13-6-3-9-16-7-1-2-8-16/h1-9H2,(H,13,18)(H,15,17). The minimum absolute atomic E-state index is 0.124. The van der Waals surface area contributed by atoms with E-state index < -0.39 is 0 Å². The van der Waals surface area contributed by atoms with Gasteiger partial charge in [0.2, 0.25) is 5.91 Å². The highest BCUT2D eigenvalue weighted by Crippen LogP contribution is 2.07. The normalized spacial score (nSPS) is 20.4. The summed E-state index contributed by atoms with van der Waals surface area (Å²) in [5.74, 6) is -0.281. The third-order valence-corrected chi connectivity index (χ3v) is 3.30. The highest BCUT2D eigenvalue weighted by atomic mass is 16.2. The van der Waals surface area contributed by atoms with Crippen LogP contribution in [0.2, 0.25) is 0 Å². The third-order valence-electron chi connectivity index (χ3n) is 3.30. The smallest absolute Gasteiger partial charge is 0.267 e. The summed E-state index contributed by atoms with van der Waals surface area (Å²) in [6, 6.07) is 0. The topological polar surface area (TPSA) is 73.8 Å². The van der Waals surface area contributed by atoms with E-state index in [0.717, 1.165) is 13.0 Å². The van der Waals surface area contributed by atoms with Gasteiger partial charge >= 0.3 is 0 Å². The molecule has 18 heavy (non-hydrogen) atoms. The predicted molar refractivity (Wildman–Crippen MR) is 68.1 cm³/mol. The molecule has 0 bridgehead atoms. The highest BCUT2D eigenvalue weighted by molar-refractivity contribution is 6.39. The van der Waals surface area contributed by atoms with Crippen molar-refractivity contribution in [3.05, 3.63) is 0 Å². The zero-order chi connectivity index (χ0) is 12.8. The molecule has 0 aliphatic carbocycles. The van der Waals surface area contributed by atoms with Crippen molar-refractivity contribution in [3.8, 4) is 0 Å². The molecule has 0 aromatic carbocycles. The van der Waals surface area contributed by atoms with Gasteiger partial charge in [-0.15, -0.1) is 0 Å². The largest absolute Gasteiger partial charge is 0.351 e. The van der Waals surface area contributed by atoms with E-state index in [4.69, 9.17) is 0 Å². The van der Waals surface area contributed by atoms with E-state index in [1.807, 2.05) is 0 Å². The van der Waals surface area contributed by atoms with Crippen molar-refractivity contribution in [2.24, 2.45) is 5.10 Å². The Bertz CT molecular complexity index is 348. The monoisotopic (exact) mass is 252 g/mol. The summed E-state index contributed by atoms with van der Waals surface area (Å²) in [5.41, 5.74) is 2.75. The van der Waals surface area contributed by atoms with Crippen LogP contribution in [0.3, 0.4) is 0 Å². The van der Waals surface area contributed by atoms with Crippen LogP contribution in [0.25, 0.3) is 0 Å². The van der Waals surface area contributed by atoms with E-state index in [-0.39, 0.29) is 11.8 Å². The van der Waals surface area contributed by atoms with Crippen molar-refractivity contribution in [2.45, 2.75) is 32.1 Å². The van der Waals surface area contributed by atoms with Gasteiger partial charge in [-0.25, -0.2) is 5.43 Å². The lowest BCUT2D eigenvalue weighted by atomic mass is 10.1. The van der Waals surface area contributed by atoms with Crippen LogP contribution in [0.5, 0.6) is 0 Å². The van der Waals surface area contributed by atoms with Crippen LogP contribution in [0.15, 0.2) is 5.10 Å². The average molecular weight is 252 g/mol. The van der Waals surface area contributed by atoms with Crippen LogP contribution in [-0.4, -0.2) is 48.6 Å². The highest BCUT2D eigenvalue weighted by Gasteiger charge is 2.17. The number of nitrogens with one attached hydrogen (secondary N) is 2. The second kappa shape index (κ2) is 6.49. The van der Waals surface area contributed by atoms with Gasteiger partial charge in [0, 0.05) is 19.4 Å². The maximum atomic E-state index is 11.7. The molecule has 2 heterocycles. The molecule has 2 amide bonds. The van der Waals surface area contributed by atoms with Crippen LogP contribution in [-0.2, 0) is 9.59 Å². The Balaban J connectivity index is 1.61. The average Bonchev–Trinajstić information content (AvgIpc) is 2.88. The first kappa shape index (κ1) is 13.0. The van der Waals surface area contributed by atoms with Gasteiger partial charge in [-0.05, 0) is 38.9 Å². The summed E-state index contributed by atoms with van der Waals surface area (Å²) >= 11 is 0. The molecule has 0 radical (unpaired) electrons. The van der Waals surface area contributed by atoms with Gasteiger partial charge in [0.05, 0.1) is 0 Å². The van der Waals surface area contributed by atoms with Crippen LogP contribution in [0, 0.1) is 0 Å². The molecule has 2 aliphatic heterocycles. The van der Waals surface area contributed by atoms with E-state index in [9.17, 15) is 9.59 Å². The van der Waals surface area contributed by atoms with Gasteiger partial charge in [0.25, 0.3) is 5.91 Å². The van der Waals surface area contributed by atoms with E-state index in [1.54, 1.807) is 0 Å². The Morgan fingerprint density at radius 2 is 2.11 bits per heavy atom. The maximum absolute atomic E-state index is 11.7. The summed E-state index contributed by atoms with van der Waals surface area (Å²) in [6.07, 6.45) is 4.33. The van der Waals surface area contributed by atoms with Crippen LogP contribution >= 0.6 is 0 Å². The van der Waals surface area contributed by atoms with Crippen molar-refractivity contribution in [1.82, 2.24) is 15.6 Å². The van der Waals surface area contributed by atoms with Gasteiger partial charge in [-0.1, -0.05) is 0 Å². The Morgan fingerprint density at radius 3 is 2.78 bits per heavy atom. The lowest BCUT2D eigenvalue weighted by molar-refractivity contribution is -0.121. The van der Waals surface area contributed by atoms with Crippen LogP contribution < -0.4 is 10.7 Å². The predicted octanol–water partition coefficient (Wildman–Crippen LogP) is -0.145. The van der Waals surface area contributed by atoms with Gasteiger partial charge in [0.1, 0.15) is 5.71 Å². The second-order valence-corrected chi connectivity index (χ2v) is 4.75. The van der Waals surface area contributed by atoms with Crippen molar-refractivity contribution < 1.29 is 9.59 Å². The number of hydrazone groups is 1. The molecule has 6 nitrogen and oxygen atoms in total.